The monoisotopic (exact) mass is 621 g/mol. The fourth-order valence-electron chi connectivity index (χ4n) is 6.89. The summed E-state index contributed by atoms with van der Waals surface area (Å²) in [6, 6.07) is 58.8. The van der Waals surface area contributed by atoms with Gasteiger partial charge < -0.3 is 9.32 Å². The van der Waals surface area contributed by atoms with Gasteiger partial charge in [-0.15, -0.1) is 11.8 Å². The van der Waals surface area contributed by atoms with E-state index in [2.05, 4.69) is 157 Å². The summed E-state index contributed by atoms with van der Waals surface area (Å²) in [4.78, 5) is 3.80. The van der Waals surface area contributed by atoms with Crippen LogP contribution in [0.2, 0.25) is 0 Å². The van der Waals surface area contributed by atoms with Crippen LogP contribution < -0.4 is 4.90 Å². The molecule has 0 aliphatic carbocycles. The molecule has 0 radical (unpaired) electrons. The summed E-state index contributed by atoms with van der Waals surface area (Å²) in [7, 11) is 0. The van der Waals surface area contributed by atoms with E-state index >= 15 is 0 Å². The summed E-state index contributed by atoms with van der Waals surface area (Å²) in [5.41, 5.74) is 13.9. The van der Waals surface area contributed by atoms with Crippen LogP contribution in [0.5, 0.6) is 0 Å². The van der Waals surface area contributed by atoms with Crippen molar-refractivity contribution in [3.8, 4) is 33.4 Å². The first-order valence-electron chi connectivity index (χ1n) is 16.1. The lowest BCUT2D eigenvalue weighted by atomic mass is 9.99. The summed E-state index contributed by atoms with van der Waals surface area (Å²) in [5, 5.41) is 2.30. The fourth-order valence-corrected chi connectivity index (χ4v) is 7.98. The Morgan fingerprint density at radius 3 is 1.77 bits per heavy atom. The van der Waals surface area contributed by atoms with Crippen LogP contribution in [0.15, 0.2) is 173 Å². The molecule has 0 atom stereocenters. The second-order valence-corrected chi connectivity index (χ2v) is 13.1. The molecule has 0 spiro atoms. The van der Waals surface area contributed by atoms with Crippen LogP contribution in [-0.4, -0.2) is 5.75 Å². The minimum Gasteiger partial charge on any atom is -0.455 e. The molecule has 47 heavy (non-hydrogen) atoms. The van der Waals surface area contributed by atoms with Crippen LogP contribution in [0, 0.1) is 0 Å². The van der Waals surface area contributed by atoms with Crippen molar-refractivity contribution in [2.24, 2.45) is 0 Å². The molecule has 1 aliphatic heterocycles. The average Bonchev–Trinajstić information content (AvgIpc) is 3.79. The van der Waals surface area contributed by atoms with Crippen LogP contribution >= 0.6 is 11.8 Å². The molecule has 0 amide bonds. The van der Waals surface area contributed by atoms with Crippen LogP contribution in [0.25, 0.3) is 55.3 Å². The molecule has 0 bridgehead atoms. The van der Waals surface area contributed by atoms with E-state index in [0.717, 1.165) is 56.6 Å². The molecular formula is C44H31NOS. The quantitative estimate of drug-likeness (QED) is 0.184. The van der Waals surface area contributed by atoms with Gasteiger partial charge in [0, 0.05) is 38.4 Å². The molecule has 3 heteroatoms. The predicted molar refractivity (Wildman–Crippen MR) is 199 cm³/mol. The van der Waals surface area contributed by atoms with Gasteiger partial charge in [0.25, 0.3) is 0 Å². The number of benzene rings is 7. The summed E-state index contributed by atoms with van der Waals surface area (Å²) >= 11 is 1.95. The van der Waals surface area contributed by atoms with Gasteiger partial charge in [-0.3, -0.25) is 0 Å². The number of hydrogen-bond acceptors (Lipinski definition) is 3. The zero-order valence-electron chi connectivity index (χ0n) is 25.8. The van der Waals surface area contributed by atoms with Crippen molar-refractivity contribution in [1.29, 1.82) is 0 Å². The van der Waals surface area contributed by atoms with Crippen LogP contribution in [0.3, 0.4) is 0 Å². The molecule has 0 N–H and O–H groups in total. The molecule has 1 aliphatic rings. The lowest BCUT2D eigenvalue weighted by Gasteiger charge is -2.28. The first-order valence-corrected chi connectivity index (χ1v) is 17.1. The minimum absolute atomic E-state index is 0.920. The van der Waals surface area contributed by atoms with Gasteiger partial charge in [-0.05, 0) is 82.3 Å². The summed E-state index contributed by atoms with van der Waals surface area (Å²) < 4.78 is 6.37. The van der Waals surface area contributed by atoms with E-state index in [1.807, 2.05) is 23.9 Å². The van der Waals surface area contributed by atoms with Gasteiger partial charge in [0.1, 0.15) is 11.2 Å². The Morgan fingerprint density at radius 2 is 1.04 bits per heavy atom. The van der Waals surface area contributed by atoms with E-state index in [9.17, 15) is 0 Å². The standard InChI is InChI=1S/C44H31NOS/c1-2-8-30(9-3-1)31-16-18-32(19-17-31)33-20-24-35(25-21-33)45(41-13-7-15-43-40(41)28-29-47-43)36-26-22-34(23-27-36)37-11-6-12-39-38-10-4-5-14-42(38)46-44(37)39/h1-27H,28-29H2. The second-order valence-electron chi connectivity index (χ2n) is 12.0. The highest BCUT2D eigenvalue weighted by Gasteiger charge is 2.22. The Hall–Kier alpha value is -5.51. The molecule has 7 aromatic carbocycles. The largest absolute Gasteiger partial charge is 0.455 e. The zero-order valence-corrected chi connectivity index (χ0v) is 26.6. The van der Waals surface area contributed by atoms with E-state index in [1.54, 1.807) is 0 Å². The maximum atomic E-state index is 6.37. The number of hydrogen-bond donors (Lipinski definition) is 0. The van der Waals surface area contributed by atoms with Gasteiger partial charge in [0.2, 0.25) is 0 Å². The molecule has 0 saturated heterocycles. The van der Waals surface area contributed by atoms with Crippen molar-refractivity contribution >= 4 is 50.8 Å². The number of furan rings is 1. The number of fused-ring (bicyclic) bond motifs is 4. The number of rotatable bonds is 6. The SMILES string of the molecule is c1ccc(-c2ccc(-c3ccc(N(c4ccc(-c5cccc6c5oc5ccccc56)cc4)c4cccc5c4CCS5)cc3)cc2)cc1. The first-order chi connectivity index (χ1) is 23.3. The Morgan fingerprint density at radius 1 is 0.468 bits per heavy atom. The van der Waals surface area contributed by atoms with Crippen molar-refractivity contribution in [1.82, 2.24) is 0 Å². The van der Waals surface area contributed by atoms with Gasteiger partial charge in [-0.2, -0.15) is 0 Å². The third-order valence-electron chi connectivity index (χ3n) is 9.25. The third kappa shape index (κ3) is 5.00. The number of para-hydroxylation sites is 2. The molecule has 0 fully saturated rings. The smallest absolute Gasteiger partial charge is 0.143 e. The van der Waals surface area contributed by atoms with Gasteiger partial charge in [0.05, 0.1) is 5.69 Å². The molecule has 0 unspecified atom stereocenters. The molecule has 2 heterocycles. The maximum Gasteiger partial charge on any atom is 0.143 e. The van der Waals surface area contributed by atoms with Crippen molar-refractivity contribution in [3.05, 3.63) is 169 Å². The summed E-state index contributed by atoms with van der Waals surface area (Å²) in [5.74, 6) is 1.12. The maximum absolute atomic E-state index is 6.37. The van der Waals surface area contributed by atoms with Crippen molar-refractivity contribution in [3.63, 3.8) is 0 Å². The highest BCUT2D eigenvalue weighted by Crippen LogP contribution is 2.44. The van der Waals surface area contributed by atoms with E-state index in [0.29, 0.717) is 0 Å². The van der Waals surface area contributed by atoms with Gasteiger partial charge in [-0.1, -0.05) is 121 Å². The molecule has 0 saturated carbocycles. The molecule has 9 rings (SSSR count). The number of thioether (sulfide) groups is 1. The van der Waals surface area contributed by atoms with E-state index < -0.39 is 0 Å². The second kappa shape index (κ2) is 11.7. The number of nitrogens with zero attached hydrogens (tertiary/aromatic N) is 1. The van der Waals surface area contributed by atoms with Crippen LogP contribution in [0.1, 0.15) is 5.56 Å². The highest BCUT2D eigenvalue weighted by atomic mass is 32.2. The topological polar surface area (TPSA) is 16.4 Å². The molecule has 224 valence electrons. The van der Waals surface area contributed by atoms with Crippen molar-refractivity contribution < 1.29 is 4.42 Å². The third-order valence-corrected chi connectivity index (χ3v) is 10.4. The first kappa shape index (κ1) is 27.8. The molecular weight excluding hydrogens is 591 g/mol. The molecule has 2 nitrogen and oxygen atoms in total. The zero-order chi connectivity index (χ0) is 31.2. The van der Waals surface area contributed by atoms with Crippen molar-refractivity contribution in [2.75, 3.05) is 10.7 Å². The Kier molecular flexibility index (Phi) is 6.91. The summed E-state index contributed by atoms with van der Waals surface area (Å²) in [6.07, 6.45) is 1.07. The number of anilines is 3. The lowest BCUT2D eigenvalue weighted by Crippen LogP contribution is -2.12. The predicted octanol–water partition coefficient (Wildman–Crippen LogP) is 12.7. The Balaban J connectivity index is 1.09. The van der Waals surface area contributed by atoms with E-state index in [-0.39, 0.29) is 0 Å². The van der Waals surface area contributed by atoms with Gasteiger partial charge in [-0.25, -0.2) is 0 Å². The fraction of sp³-hybridized carbons (Fsp3) is 0.0455. The van der Waals surface area contributed by atoms with Gasteiger partial charge in [0.15, 0.2) is 0 Å². The minimum atomic E-state index is 0.920. The Labute approximate surface area is 278 Å². The van der Waals surface area contributed by atoms with Crippen LogP contribution in [-0.2, 0) is 6.42 Å². The normalized spacial score (nSPS) is 12.4. The van der Waals surface area contributed by atoms with E-state index in [4.69, 9.17) is 4.42 Å². The Bertz CT molecular complexity index is 2360. The summed E-state index contributed by atoms with van der Waals surface area (Å²) in [6.45, 7) is 0. The van der Waals surface area contributed by atoms with E-state index in [1.165, 1.54) is 38.4 Å². The van der Waals surface area contributed by atoms with Crippen molar-refractivity contribution in [2.45, 2.75) is 11.3 Å². The van der Waals surface area contributed by atoms with Gasteiger partial charge >= 0.3 is 0 Å². The van der Waals surface area contributed by atoms with Crippen LogP contribution in [0.4, 0.5) is 17.1 Å². The highest BCUT2D eigenvalue weighted by molar-refractivity contribution is 7.99. The average molecular weight is 622 g/mol. The molecule has 8 aromatic rings. The molecule has 1 aromatic heterocycles. The lowest BCUT2D eigenvalue weighted by molar-refractivity contribution is 0.670.